The molecular formula is C16H27NO. The van der Waals surface area contributed by atoms with E-state index in [4.69, 9.17) is 0 Å². The van der Waals surface area contributed by atoms with Crippen molar-refractivity contribution >= 4 is 0 Å². The summed E-state index contributed by atoms with van der Waals surface area (Å²) < 4.78 is 0. The fourth-order valence-electron chi connectivity index (χ4n) is 5.99. The predicted molar refractivity (Wildman–Crippen MR) is 72.3 cm³/mol. The van der Waals surface area contributed by atoms with Gasteiger partial charge in [0.25, 0.3) is 0 Å². The molecule has 4 bridgehead atoms. The summed E-state index contributed by atoms with van der Waals surface area (Å²) in [5, 5.41) is 10.8. The Kier molecular flexibility index (Phi) is 2.74. The zero-order valence-corrected chi connectivity index (χ0v) is 11.5. The predicted octanol–water partition coefficient (Wildman–Crippen LogP) is 2.66. The van der Waals surface area contributed by atoms with Gasteiger partial charge < -0.3 is 10.0 Å². The largest absolute Gasteiger partial charge is 0.391 e. The van der Waals surface area contributed by atoms with Gasteiger partial charge in [-0.15, -0.1) is 0 Å². The van der Waals surface area contributed by atoms with Gasteiger partial charge in [-0.3, -0.25) is 0 Å². The Morgan fingerprint density at radius 2 is 1.44 bits per heavy atom. The van der Waals surface area contributed by atoms with Crippen molar-refractivity contribution in [1.29, 1.82) is 0 Å². The zero-order chi connectivity index (χ0) is 12.2. The second-order valence-electron chi connectivity index (χ2n) is 7.80. The van der Waals surface area contributed by atoms with Crippen LogP contribution in [-0.2, 0) is 0 Å². The van der Waals surface area contributed by atoms with Gasteiger partial charge in [-0.1, -0.05) is 0 Å². The van der Waals surface area contributed by atoms with E-state index < -0.39 is 0 Å². The van der Waals surface area contributed by atoms with Crippen molar-refractivity contribution in [2.45, 2.75) is 57.5 Å². The molecule has 0 aromatic heterocycles. The lowest BCUT2D eigenvalue weighted by Crippen LogP contribution is -2.54. The highest BCUT2D eigenvalue weighted by molar-refractivity contribution is 5.04. The summed E-state index contributed by atoms with van der Waals surface area (Å²) >= 11 is 0. The lowest BCUT2D eigenvalue weighted by atomic mass is 9.48. The SMILES string of the molecule is O[C@H](CN1CCCC1)C12CC3CC(CC(C3)C1)C2. The summed E-state index contributed by atoms with van der Waals surface area (Å²) in [7, 11) is 0. The van der Waals surface area contributed by atoms with Crippen LogP contribution in [0.25, 0.3) is 0 Å². The molecule has 0 amide bonds. The average molecular weight is 249 g/mol. The first kappa shape index (κ1) is 11.7. The molecule has 0 aromatic rings. The summed E-state index contributed by atoms with van der Waals surface area (Å²) in [4.78, 5) is 2.50. The quantitative estimate of drug-likeness (QED) is 0.831. The second kappa shape index (κ2) is 4.21. The van der Waals surface area contributed by atoms with Crippen LogP contribution >= 0.6 is 0 Å². The van der Waals surface area contributed by atoms with E-state index in [1.807, 2.05) is 0 Å². The van der Waals surface area contributed by atoms with E-state index in [-0.39, 0.29) is 6.10 Å². The van der Waals surface area contributed by atoms with Crippen LogP contribution in [0.5, 0.6) is 0 Å². The third kappa shape index (κ3) is 1.84. The highest BCUT2D eigenvalue weighted by Gasteiger charge is 2.54. The van der Waals surface area contributed by atoms with E-state index in [2.05, 4.69) is 4.90 Å². The number of nitrogens with zero attached hydrogens (tertiary/aromatic N) is 1. The van der Waals surface area contributed by atoms with Gasteiger partial charge in [0, 0.05) is 6.54 Å². The molecule has 1 atom stereocenters. The van der Waals surface area contributed by atoms with Crippen molar-refractivity contribution < 1.29 is 5.11 Å². The molecule has 4 aliphatic carbocycles. The summed E-state index contributed by atoms with van der Waals surface area (Å²) in [5.41, 5.74) is 0.331. The molecule has 5 fully saturated rings. The van der Waals surface area contributed by atoms with Gasteiger partial charge in [0.05, 0.1) is 6.10 Å². The fraction of sp³-hybridized carbons (Fsp3) is 1.00. The summed E-state index contributed by atoms with van der Waals surface area (Å²) in [6.07, 6.45) is 11.1. The average Bonchev–Trinajstić information content (AvgIpc) is 2.79. The van der Waals surface area contributed by atoms with Crippen molar-refractivity contribution in [3.05, 3.63) is 0 Å². The van der Waals surface area contributed by atoms with Crippen LogP contribution in [-0.4, -0.2) is 35.7 Å². The molecule has 0 unspecified atom stereocenters. The number of rotatable bonds is 3. The first-order valence-corrected chi connectivity index (χ1v) is 8.14. The summed E-state index contributed by atoms with van der Waals surface area (Å²) in [5.74, 6) is 2.89. The van der Waals surface area contributed by atoms with E-state index in [0.717, 1.165) is 24.3 Å². The minimum absolute atomic E-state index is 0.0380. The zero-order valence-electron chi connectivity index (χ0n) is 11.5. The molecule has 2 heteroatoms. The van der Waals surface area contributed by atoms with E-state index in [1.165, 1.54) is 64.5 Å². The third-order valence-corrected chi connectivity index (χ3v) is 6.42. The highest BCUT2D eigenvalue weighted by Crippen LogP contribution is 2.61. The van der Waals surface area contributed by atoms with Crippen molar-refractivity contribution in [2.75, 3.05) is 19.6 Å². The minimum Gasteiger partial charge on any atom is -0.391 e. The second-order valence-corrected chi connectivity index (χ2v) is 7.80. The minimum atomic E-state index is -0.0380. The molecule has 5 rings (SSSR count). The van der Waals surface area contributed by atoms with Gasteiger partial charge in [0.1, 0.15) is 0 Å². The van der Waals surface area contributed by atoms with Crippen LogP contribution < -0.4 is 0 Å². The van der Waals surface area contributed by atoms with Crippen molar-refractivity contribution in [2.24, 2.45) is 23.2 Å². The van der Waals surface area contributed by atoms with Gasteiger partial charge in [-0.05, 0) is 87.6 Å². The van der Waals surface area contributed by atoms with Gasteiger partial charge in [-0.25, -0.2) is 0 Å². The van der Waals surface area contributed by atoms with Crippen molar-refractivity contribution in [1.82, 2.24) is 4.90 Å². The molecule has 102 valence electrons. The Labute approximate surface area is 111 Å². The van der Waals surface area contributed by atoms with Crippen LogP contribution in [0.15, 0.2) is 0 Å². The number of aliphatic hydroxyl groups is 1. The third-order valence-electron chi connectivity index (χ3n) is 6.42. The number of aliphatic hydroxyl groups excluding tert-OH is 1. The molecule has 0 radical (unpaired) electrons. The maximum Gasteiger partial charge on any atom is 0.0723 e. The van der Waals surface area contributed by atoms with Crippen molar-refractivity contribution in [3.8, 4) is 0 Å². The normalized spacial score (nSPS) is 48.8. The van der Waals surface area contributed by atoms with Crippen LogP contribution in [0.3, 0.4) is 0 Å². The van der Waals surface area contributed by atoms with Gasteiger partial charge >= 0.3 is 0 Å². The molecule has 1 saturated heterocycles. The Morgan fingerprint density at radius 1 is 0.944 bits per heavy atom. The smallest absolute Gasteiger partial charge is 0.0723 e. The van der Waals surface area contributed by atoms with Crippen LogP contribution in [0.4, 0.5) is 0 Å². The molecule has 1 aliphatic heterocycles. The molecule has 1 N–H and O–H groups in total. The molecular weight excluding hydrogens is 222 g/mol. The number of hydrogen-bond acceptors (Lipinski definition) is 2. The first-order chi connectivity index (χ1) is 8.73. The number of β-amino-alcohol motifs (C(OH)–C–C–N with tert-alkyl or cyclic N) is 1. The molecule has 2 nitrogen and oxygen atoms in total. The van der Waals surface area contributed by atoms with Gasteiger partial charge in [-0.2, -0.15) is 0 Å². The van der Waals surface area contributed by atoms with E-state index in [0.29, 0.717) is 5.41 Å². The topological polar surface area (TPSA) is 23.5 Å². The maximum atomic E-state index is 10.8. The highest BCUT2D eigenvalue weighted by atomic mass is 16.3. The monoisotopic (exact) mass is 249 g/mol. The molecule has 1 heterocycles. The number of hydrogen-bond donors (Lipinski definition) is 1. The Bertz CT molecular complexity index is 286. The van der Waals surface area contributed by atoms with Gasteiger partial charge in [0.15, 0.2) is 0 Å². The molecule has 18 heavy (non-hydrogen) atoms. The molecule has 0 spiro atoms. The Hall–Kier alpha value is -0.0800. The number of likely N-dealkylation sites (tertiary alicyclic amines) is 1. The van der Waals surface area contributed by atoms with E-state index >= 15 is 0 Å². The van der Waals surface area contributed by atoms with Crippen LogP contribution in [0.2, 0.25) is 0 Å². The van der Waals surface area contributed by atoms with Crippen LogP contribution in [0.1, 0.15) is 51.4 Å². The Morgan fingerprint density at radius 3 is 1.94 bits per heavy atom. The van der Waals surface area contributed by atoms with Crippen molar-refractivity contribution in [3.63, 3.8) is 0 Å². The summed E-state index contributed by atoms with van der Waals surface area (Å²) in [6.45, 7) is 3.42. The fourth-order valence-corrected chi connectivity index (χ4v) is 5.99. The lowest BCUT2D eigenvalue weighted by molar-refractivity contribution is -0.125. The Balaban J connectivity index is 1.48. The first-order valence-electron chi connectivity index (χ1n) is 8.14. The molecule has 0 aromatic carbocycles. The van der Waals surface area contributed by atoms with E-state index in [9.17, 15) is 5.11 Å². The summed E-state index contributed by atoms with van der Waals surface area (Å²) in [6, 6.07) is 0. The molecule has 4 saturated carbocycles. The maximum absolute atomic E-state index is 10.8. The molecule has 5 aliphatic rings. The lowest BCUT2D eigenvalue weighted by Gasteiger charge is -2.58. The van der Waals surface area contributed by atoms with Crippen LogP contribution in [0, 0.1) is 23.2 Å². The van der Waals surface area contributed by atoms with Gasteiger partial charge in [0.2, 0.25) is 0 Å². The standard InChI is InChI=1S/C16H27NO/c18-15(11-17-3-1-2-4-17)16-8-12-5-13(9-16)7-14(6-12)10-16/h12-15,18H,1-11H2/t12?,13?,14?,15-,16?/m1/s1. The van der Waals surface area contributed by atoms with E-state index in [1.54, 1.807) is 0 Å².